The van der Waals surface area contributed by atoms with Gasteiger partial charge in [-0.2, -0.15) is 5.10 Å². The molecule has 0 atom stereocenters. The number of allylic oxidation sites excluding steroid dienone is 1. The van der Waals surface area contributed by atoms with E-state index in [0.29, 0.717) is 6.42 Å². The van der Waals surface area contributed by atoms with Gasteiger partial charge in [0.2, 0.25) is 10.0 Å². The molecule has 0 aliphatic heterocycles. The van der Waals surface area contributed by atoms with Crippen molar-refractivity contribution in [2.24, 2.45) is 10.9 Å². The Balaban J connectivity index is 0.00000338. The topological polar surface area (TPSA) is 104 Å². The van der Waals surface area contributed by atoms with Crippen LogP contribution in [-0.4, -0.2) is 24.7 Å². The normalized spacial score (nSPS) is 12.2. The molecule has 0 aliphatic rings. The van der Waals surface area contributed by atoms with Crippen molar-refractivity contribution < 1.29 is 12.8 Å². The molecule has 0 fully saturated rings. The van der Waals surface area contributed by atoms with Gasteiger partial charge < -0.3 is 5.73 Å². The first-order valence-corrected chi connectivity index (χ1v) is 9.44. The smallest absolute Gasteiger partial charge is 0.239 e. The van der Waals surface area contributed by atoms with Crippen LogP contribution in [0.3, 0.4) is 0 Å². The van der Waals surface area contributed by atoms with Crippen LogP contribution in [0.5, 0.6) is 0 Å². The lowest BCUT2D eigenvalue weighted by Crippen LogP contribution is -2.12. The number of rotatable bonds is 6. The summed E-state index contributed by atoms with van der Waals surface area (Å²) >= 11 is 6.02. The monoisotopic (exact) mass is 422 g/mol. The minimum absolute atomic E-state index is 0. The summed E-state index contributed by atoms with van der Waals surface area (Å²) in [5.41, 5.74) is 8.63. The van der Waals surface area contributed by atoms with Gasteiger partial charge in [-0.15, -0.1) is 12.4 Å². The molecule has 0 bridgehead atoms. The fraction of sp³-hybridized carbons (Fsp3) is 0.312. The molecule has 1 aromatic heterocycles. The van der Waals surface area contributed by atoms with Gasteiger partial charge in [0.05, 0.1) is 17.3 Å². The van der Waals surface area contributed by atoms with E-state index in [4.69, 9.17) is 22.5 Å². The summed E-state index contributed by atoms with van der Waals surface area (Å²) in [7, 11) is -3.86. The minimum Gasteiger partial charge on any atom is -0.327 e. The van der Waals surface area contributed by atoms with Crippen LogP contribution in [-0.2, 0) is 23.0 Å². The first kappa shape index (κ1) is 22.6. The van der Waals surface area contributed by atoms with Crippen molar-refractivity contribution in [1.82, 2.24) is 9.78 Å². The Bertz CT molecular complexity index is 927. The molecule has 0 unspecified atom stereocenters. The molecule has 1 heterocycles. The molecule has 6 nitrogen and oxygen atoms in total. The number of aromatic nitrogens is 2. The number of aryl methyl sites for hydroxylation is 1. The predicted molar refractivity (Wildman–Crippen MR) is 103 cm³/mol. The minimum atomic E-state index is -3.86. The van der Waals surface area contributed by atoms with Crippen molar-refractivity contribution in [1.29, 1.82) is 0 Å². The Morgan fingerprint density at radius 1 is 1.38 bits per heavy atom. The zero-order valence-electron chi connectivity index (χ0n) is 14.4. The zero-order valence-corrected chi connectivity index (χ0v) is 16.8. The quantitative estimate of drug-likeness (QED) is 0.745. The fourth-order valence-corrected chi connectivity index (χ4v) is 3.68. The third kappa shape index (κ3) is 5.28. The number of nitrogens with zero attached hydrogens (tertiary/aromatic N) is 2. The average molecular weight is 423 g/mol. The van der Waals surface area contributed by atoms with Gasteiger partial charge in [-0.3, -0.25) is 4.68 Å². The van der Waals surface area contributed by atoms with Gasteiger partial charge >= 0.3 is 0 Å². The molecule has 0 amide bonds. The second-order valence-corrected chi connectivity index (χ2v) is 7.62. The van der Waals surface area contributed by atoms with Crippen LogP contribution >= 0.6 is 24.0 Å². The summed E-state index contributed by atoms with van der Waals surface area (Å²) in [4.78, 5) is -0.115. The van der Waals surface area contributed by atoms with Crippen LogP contribution < -0.4 is 10.9 Å². The Labute approximate surface area is 163 Å². The van der Waals surface area contributed by atoms with Crippen LogP contribution in [0, 0.1) is 13.8 Å². The maximum absolute atomic E-state index is 13.7. The number of sulfonamides is 1. The van der Waals surface area contributed by atoms with E-state index in [0.717, 1.165) is 22.5 Å². The molecule has 144 valence electrons. The standard InChI is InChI=1S/C16H20ClFN4O2S.ClH/c1-10-14(11(2)22(21-10)9-13(18)5-6-19)7-12-3-4-16(15(17)8-12)25(20,23)24;/h3-5,8H,6-7,9,19H2,1-2H3,(H2,20,23,24);1H. The summed E-state index contributed by atoms with van der Waals surface area (Å²) in [5.74, 6) is -0.347. The molecule has 4 N–H and O–H groups in total. The highest BCUT2D eigenvalue weighted by molar-refractivity contribution is 7.89. The number of hydrogen-bond acceptors (Lipinski definition) is 4. The van der Waals surface area contributed by atoms with Gasteiger partial charge in [-0.05, 0) is 37.6 Å². The number of halogens is 3. The molecule has 0 spiro atoms. The first-order valence-electron chi connectivity index (χ1n) is 7.52. The van der Waals surface area contributed by atoms with Gasteiger partial charge in [0.15, 0.2) is 0 Å². The largest absolute Gasteiger partial charge is 0.327 e. The van der Waals surface area contributed by atoms with Crippen molar-refractivity contribution in [3.8, 4) is 0 Å². The Morgan fingerprint density at radius 2 is 2.04 bits per heavy atom. The third-order valence-electron chi connectivity index (χ3n) is 3.86. The van der Waals surface area contributed by atoms with Crippen LogP contribution in [0.4, 0.5) is 4.39 Å². The van der Waals surface area contributed by atoms with E-state index in [1.54, 1.807) is 16.8 Å². The molecule has 26 heavy (non-hydrogen) atoms. The number of primary sulfonamides is 1. The maximum atomic E-state index is 13.7. The number of hydrogen-bond donors (Lipinski definition) is 2. The molecular weight excluding hydrogens is 402 g/mol. The van der Waals surface area contributed by atoms with Crippen LogP contribution in [0.1, 0.15) is 22.5 Å². The van der Waals surface area contributed by atoms with Crippen LogP contribution in [0.15, 0.2) is 35.0 Å². The van der Waals surface area contributed by atoms with Crippen LogP contribution in [0.2, 0.25) is 5.02 Å². The highest BCUT2D eigenvalue weighted by atomic mass is 35.5. The van der Waals surface area contributed by atoms with Crippen molar-refractivity contribution in [2.45, 2.75) is 31.7 Å². The van der Waals surface area contributed by atoms with Gasteiger partial charge in [0.1, 0.15) is 10.7 Å². The second kappa shape index (κ2) is 8.96. The van der Waals surface area contributed by atoms with Gasteiger partial charge in [-0.25, -0.2) is 17.9 Å². The lowest BCUT2D eigenvalue weighted by atomic mass is 10.0. The summed E-state index contributed by atoms with van der Waals surface area (Å²) in [5, 5.41) is 9.53. The van der Waals surface area contributed by atoms with Crippen molar-refractivity contribution in [3.05, 3.63) is 57.6 Å². The number of benzene rings is 1. The summed E-state index contributed by atoms with van der Waals surface area (Å²) in [6.07, 6.45) is 1.80. The molecule has 2 aromatic rings. The molecule has 0 saturated heterocycles. The van der Waals surface area contributed by atoms with E-state index in [-0.39, 0.29) is 41.2 Å². The molecule has 2 rings (SSSR count). The lowest BCUT2D eigenvalue weighted by Gasteiger charge is -2.07. The van der Waals surface area contributed by atoms with Crippen molar-refractivity contribution in [2.75, 3.05) is 6.54 Å². The molecular formula is C16H21Cl2FN4O2S. The molecule has 0 saturated carbocycles. The zero-order chi connectivity index (χ0) is 18.8. The highest BCUT2D eigenvalue weighted by Crippen LogP contribution is 2.25. The summed E-state index contributed by atoms with van der Waals surface area (Å²) in [6, 6.07) is 4.59. The summed E-state index contributed by atoms with van der Waals surface area (Å²) < 4.78 is 38.1. The van der Waals surface area contributed by atoms with E-state index in [1.165, 1.54) is 12.1 Å². The third-order valence-corrected chi connectivity index (χ3v) is 5.25. The maximum Gasteiger partial charge on any atom is 0.239 e. The van der Waals surface area contributed by atoms with E-state index in [1.807, 2.05) is 13.8 Å². The average Bonchev–Trinajstić information content (AvgIpc) is 2.74. The fourth-order valence-electron chi connectivity index (χ4n) is 2.57. The Kier molecular flexibility index (Phi) is 7.79. The first-order chi connectivity index (χ1) is 11.6. The Morgan fingerprint density at radius 3 is 2.58 bits per heavy atom. The number of nitrogens with two attached hydrogens (primary N) is 2. The van der Waals surface area contributed by atoms with Gasteiger partial charge in [-0.1, -0.05) is 17.7 Å². The SMILES string of the molecule is Cc1nn(CC(F)=CCN)c(C)c1Cc1ccc(S(N)(=O)=O)c(Cl)c1.Cl. The van der Waals surface area contributed by atoms with Gasteiger partial charge in [0.25, 0.3) is 0 Å². The van der Waals surface area contributed by atoms with Crippen molar-refractivity contribution in [3.63, 3.8) is 0 Å². The molecule has 0 aliphatic carbocycles. The molecule has 0 radical (unpaired) electrons. The van der Waals surface area contributed by atoms with E-state index >= 15 is 0 Å². The van der Waals surface area contributed by atoms with Crippen molar-refractivity contribution >= 4 is 34.0 Å². The highest BCUT2D eigenvalue weighted by Gasteiger charge is 2.16. The Hall–Kier alpha value is -1.45. The predicted octanol–water partition coefficient (Wildman–Crippen LogP) is 2.63. The van der Waals surface area contributed by atoms with Crippen LogP contribution in [0.25, 0.3) is 0 Å². The van der Waals surface area contributed by atoms with E-state index in [2.05, 4.69) is 5.10 Å². The molecule has 10 heteroatoms. The van der Waals surface area contributed by atoms with Gasteiger partial charge in [0, 0.05) is 24.2 Å². The summed E-state index contributed by atoms with van der Waals surface area (Å²) in [6.45, 7) is 3.84. The van der Waals surface area contributed by atoms with E-state index < -0.39 is 10.0 Å². The lowest BCUT2D eigenvalue weighted by molar-refractivity contribution is 0.517. The molecule has 1 aromatic carbocycles. The second-order valence-electron chi connectivity index (χ2n) is 5.68. The van der Waals surface area contributed by atoms with E-state index in [9.17, 15) is 12.8 Å².